The number of carbonyl (C=O) groups is 1. The maximum Gasteiger partial charge on any atom is 0.222 e. The van der Waals surface area contributed by atoms with E-state index in [1.54, 1.807) is 0 Å². The van der Waals surface area contributed by atoms with Crippen molar-refractivity contribution in [3.05, 3.63) is 17.5 Å². The van der Waals surface area contributed by atoms with Crippen LogP contribution in [0.25, 0.3) is 0 Å². The van der Waals surface area contributed by atoms with Crippen LogP contribution in [-0.2, 0) is 9.53 Å². The zero-order chi connectivity index (χ0) is 15.4. The molecule has 2 aliphatic heterocycles. The molecular weight excluding hydrogens is 278 g/mol. The molecule has 122 valence electrons. The Bertz CT molecular complexity index is 494. The van der Waals surface area contributed by atoms with E-state index in [-0.39, 0.29) is 5.91 Å². The molecule has 1 N–H and O–H groups in total. The number of ether oxygens (including phenoxy) is 1. The lowest BCUT2D eigenvalue weighted by atomic mass is 9.94. The van der Waals surface area contributed by atoms with Crippen LogP contribution in [0.2, 0.25) is 0 Å². The molecule has 0 unspecified atom stereocenters. The van der Waals surface area contributed by atoms with Gasteiger partial charge in [-0.3, -0.25) is 9.89 Å². The Balaban J connectivity index is 1.49. The summed E-state index contributed by atoms with van der Waals surface area (Å²) in [5, 5.41) is 7.38. The van der Waals surface area contributed by atoms with Crippen LogP contribution in [-0.4, -0.2) is 46.8 Å². The highest BCUT2D eigenvalue weighted by molar-refractivity contribution is 5.76. The number of nitrogens with zero attached hydrogens (tertiary/aromatic N) is 2. The standard InChI is InChI=1S/C17H27N3O2/c1-13-11-16(19-18-13)14-5-4-9-20(12-14)17(21)8-7-15-6-2-3-10-22-15/h11,14-15H,2-10,12H2,1H3,(H,18,19)/t14-,15-/m1/s1. The molecule has 0 aromatic carbocycles. The van der Waals surface area contributed by atoms with Crippen LogP contribution in [0, 0.1) is 6.92 Å². The molecular formula is C17H27N3O2. The largest absolute Gasteiger partial charge is 0.378 e. The fourth-order valence-electron chi connectivity index (χ4n) is 3.57. The van der Waals surface area contributed by atoms with Gasteiger partial charge in [-0.2, -0.15) is 5.10 Å². The average Bonchev–Trinajstić information content (AvgIpc) is 3.00. The predicted molar refractivity (Wildman–Crippen MR) is 84.7 cm³/mol. The first-order valence-electron chi connectivity index (χ1n) is 8.63. The van der Waals surface area contributed by atoms with Gasteiger partial charge in [-0.25, -0.2) is 0 Å². The van der Waals surface area contributed by atoms with Crippen molar-refractivity contribution in [2.24, 2.45) is 0 Å². The molecule has 1 amide bonds. The van der Waals surface area contributed by atoms with Crippen molar-refractivity contribution in [1.29, 1.82) is 0 Å². The van der Waals surface area contributed by atoms with Crippen molar-refractivity contribution in [1.82, 2.24) is 15.1 Å². The molecule has 0 bridgehead atoms. The van der Waals surface area contributed by atoms with Crippen molar-refractivity contribution in [3.63, 3.8) is 0 Å². The molecule has 0 radical (unpaired) electrons. The highest BCUT2D eigenvalue weighted by atomic mass is 16.5. The van der Waals surface area contributed by atoms with Crippen LogP contribution >= 0.6 is 0 Å². The van der Waals surface area contributed by atoms with E-state index in [2.05, 4.69) is 16.3 Å². The summed E-state index contributed by atoms with van der Waals surface area (Å²) in [6, 6.07) is 2.11. The first kappa shape index (κ1) is 15.5. The van der Waals surface area contributed by atoms with E-state index in [0.29, 0.717) is 18.4 Å². The third-order valence-electron chi connectivity index (χ3n) is 4.87. The molecule has 2 fully saturated rings. The second-order valence-corrected chi connectivity index (χ2v) is 6.68. The first-order valence-corrected chi connectivity index (χ1v) is 8.63. The van der Waals surface area contributed by atoms with E-state index in [1.807, 2.05) is 11.8 Å². The Morgan fingerprint density at radius 2 is 2.32 bits per heavy atom. The minimum absolute atomic E-state index is 0.283. The number of aromatic amines is 1. The van der Waals surface area contributed by atoms with Gasteiger partial charge in [0.15, 0.2) is 0 Å². The molecule has 3 heterocycles. The van der Waals surface area contributed by atoms with Gasteiger partial charge in [0.1, 0.15) is 0 Å². The number of nitrogens with one attached hydrogen (secondary N) is 1. The van der Waals surface area contributed by atoms with E-state index >= 15 is 0 Å². The summed E-state index contributed by atoms with van der Waals surface area (Å²) < 4.78 is 5.72. The van der Waals surface area contributed by atoms with Crippen molar-refractivity contribution >= 4 is 5.91 Å². The molecule has 2 aliphatic rings. The Kier molecular flexibility index (Phi) is 5.13. The highest BCUT2D eigenvalue weighted by Gasteiger charge is 2.26. The van der Waals surface area contributed by atoms with Gasteiger partial charge in [0.05, 0.1) is 11.8 Å². The van der Waals surface area contributed by atoms with Crippen molar-refractivity contribution < 1.29 is 9.53 Å². The van der Waals surface area contributed by atoms with Gasteiger partial charge in [-0.05, 0) is 51.5 Å². The minimum atomic E-state index is 0.283. The molecule has 5 heteroatoms. The van der Waals surface area contributed by atoms with Gasteiger partial charge < -0.3 is 9.64 Å². The quantitative estimate of drug-likeness (QED) is 0.930. The zero-order valence-electron chi connectivity index (χ0n) is 13.5. The van der Waals surface area contributed by atoms with E-state index in [1.165, 1.54) is 12.8 Å². The lowest BCUT2D eigenvalue weighted by molar-refractivity contribution is -0.133. The normalized spacial score (nSPS) is 26.1. The Morgan fingerprint density at radius 1 is 1.41 bits per heavy atom. The molecule has 3 rings (SSSR count). The number of H-pyrrole nitrogens is 1. The predicted octanol–water partition coefficient (Wildman–Crippen LogP) is 2.77. The molecule has 1 aromatic rings. The summed E-state index contributed by atoms with van der Waals surface area (Å²) >= 11 is 0. The van der Waals surface area contributed by atoms with Crippen molar-refractivity contribution in [2.45, 2.75) is 63.9 Å². The highest BCUT2D eigenvalue weighted by Crippen LogP contribution is 2.27. The van der Waals surface area contributed by atoms with E-state index in [4.69, 9.17) is 4.74 Å². The number of hydrogen-bond donors (Lipinski definition) is 1. The van der Waals surface area contributed by atoms with Gasteiger partial charge in [-0.15, -0.1) is 0 Å². The Morgan fingerprint density at radius 3 is 3.05 bits per heavy atom. The number of aryl methyl sites for hydroxylation is 1. The van der Waals surface area contributed by atoms with Crippen LogP contribution in [0.4, 0.5) is 0 Å². The number of rotatable bonds is 4. The first-order chi connectivity index (χ1) is 10.7. The second kappa shape index (κ2) is 7.27. The smallest absolute Gasteiger partial charge is 0.222 e. The number of likely N-dealkylation sites (tertiary alicyclic amines) is 1. The lowest BCUT2D eigenvalue weighted by Gasteiger charge is -2.32. The molecule has 5 nitrogen and oxygen atoms in total. The number of carbonyl (C=O) groups excluding carboxylic acids is 1. The monoisotopic (exact) mass is 305 g/mol. The maximum absolute atomic E-state index is 12.5. The summed E-state index contributed by atoms with van der Waals surface area (Å²) in [6.45, 7) is 4.59. The number of aromatic nitrogens is 2. The third kappa shape index (κ3) is 3.88. The fourth-order valence-corrected chi connectivity index (χ4v) is 3.57. The molecule has 0 aliphatic carbocycles. The van der Waals surface area contributed by atoms with E-state index in [0.717, 1.165) is 56.8 Å². The third-order valence-corrected chi connectivity index (χ3v) is 4.87. The van der Waals surface area contributed by atoms with E-state index < -0.39 is 0 Å². The molecule has 2 atom stereocenters. The van der Waals surface area contributed by atoms with Crippen LogP contribution in [0.1, 0.15) is 62.3 Å². The molecule has 22 heavy (non-hydrogen) atoms. The molecule has 0 spiro atoms. The number of amides is 1. The number of hydrogen-bond acceptors (Lipinski definition) is 3. The van der Waals surface area contributed by atoms with Crippen LogP contribution in [0.5, 0.6) is 0 Å². The lowest BCUT2D eigenvalue weighted by Crippen LogP contribution is -2.39. The average molecular weight is 305 g/mol. The Labute approximate surface area is 132 Å². The van der Waals surface area contributed by atoms with Crippen LogP contribution in [0.15, 0.2) is 6.07 Å². The SMILES string of the molecule is Cc1cc([C@@H]2CCCN(C(=O)CC[C@H]3CCCCO3)C2)n[nH]1. The number of piperidine rings is 1. The van der Waals surface area contributed by atoms with E-state index in [9.17, 15) is 4.79 Å². The van der Waals surface area contributed by atoms with Gasteiger partial charge >= 0.3 is 0 Å². The zero-order valence-corrected chi connectivity index (χ0v) is 13.5. The van der Waals surface area contributed by atoms with Crippen molar-refractivity contribution in [2.75, 3.05) is 19.7 Å². The van der Waals surface area contributed by atoms with Gasteiger partial charge in [0, 0.05) is 37.7 Å². The summed E-state index contributed by atoms with van der Waals surface area (Å²) in [5.74, 6) is 0.666. The summed E-state index contributed by atoms with van der Waals surface area (Å²) in [4.78, 5) is 14.5. The second-order valence-electron chi connectivity index (χ2n) is 6.68. The van der Waals surface area contributed by atoms with Gasteiger partial charge in [-0.1, -0.05) is 0 Å². The molecule has 0 saturated carbocycles. The summed E-state index contributed by atoms with van der Waals surface area (Å²) in [6.07, 6.45) is 7.51. The Hall–Kier alpha value is -1.36. The molecule has 1 aromatic heterocycles. The maximum atomic E-state index is 12.5. The van der Waals surface area contributed by atoms with Gasteiger partial charge in [0.2, 0.25) is 5.91 Å². The summed E-state index contributed by atoms with van der Waals surface area (Å²) in [5.41, 5.74) is 2.19. The minimum Gasteiger partial charge on any atom is -0.378 e. The summed E-state index contributed by atoms with van der Waals surface area (Å²) in [7, 11) is 0. The molecule has 2 saturated heterocycles. The fraction of sp³-hybridized carbons (Fsp3) is 0.765. The van der Waals surface area contributed by atoms with Gasteiger partial charge in [0.25, 0.3) is 0 Å². The van der Waals surface area contributed by atoms with Crippen LogP contribution < -0.4 is 0 Å². The van der Waals surface area contributed by atoms with Crippen LogP contribution in [0.3, 0.4) is 0 Å². The topological polar surface area (TPSA) is 58.2 Å². The van der Waals surface area contributed by atoms with Crippen molar-refractivity contribution in [3.8, 4) is 0 Å².